The molecule has 0 bridgehead atoms. The van der Waals surface area contributed by atoms with Gasteiger partial charge in [0, 0.05) is 38.6 Å². The summed E-state index contributed by atoms with van der Waals surface area (Å²) in [5, 5.41) is 0. The third-order valence-corrected chi connectivity index (χ3v) is 2.78. The largest absolute Gasteiger partial charge is 0.342 e. The van der Waals surface area contributed by atoms with E-state index in [1.54, 1.807) is 16.7 Å². The highest BCUT2D eigenvalue weighted by molar-refractivity contribution is 5.93. The molecule has 0 atom stereocenters. The van der Waals surface area contributed by atoms with Gasteiger partial charge in [-0.05, 0) is 6.92 Å². The van der Waals surface area contributed by atoms with Gasteiger partial charge in [0.1, 0.15) is 5.82 Å². The van der Waals surface area contributed by atoms with Crippen LogP contribution < -0.4 is 0 Å². The third-order valence-electron chi connectivity index (χ3n) is 2.78. The van der Waals surface area contributed by atoms with Gasteiger partial charge >= 0.3 is 0 Å². The summed E-state index contributed by atoms with van der Waals surface area (Å²) in [4.78, 5) is 34.0. The maximum atomic E-state index is 12.0. The van der Waals surface area contributed by atoms with Gasteiger partial charge in [0.15, 0.2) is 0 Å². The molecule has 0 aromatic carbocycles. The lowest BCUT2D eigenvalue weighted by Gasteiger charge is -2.32. The van der Waals surface area contributed by atoms with Crippen molar-refractivity contribution in [2.24, 2.45) is 0 Å². The van der Waals surface area contributed by atoms with E-state index in [-0.39, 0.29) is 5.91 Å². The normalized spacial score (nSPS) is 15.8. The van der Waals surface area contributed by atoms with Crippen LogP contribution in [-0.4, -0.2) is 58.3 Å². The lowest BCUT2D eigenvalue weighted by atomic mass is 10.2. The van der Waals surface area contributed by atoms with Crippen LogP contribution in [0.15, 0.2) is 12.4 Å². The average molecular weight is 234 g/mol. The highest BCUT2D eigenvalue weighted by Crippen LogP contribution is 2.06. The first-order chi connectivity index (χ1) is 8.20. The maximum absolute atomic E-state index is 12.0. The monoisotopic (exact) mass is 234 g/mol. The fourth-order valence-corrected chi connectivity index (χ4v) is 1.72. The van der Waals surface area contributed by atoms with Gasteiger partial charge in [0.25, 0.3) is 5.91 Å². The molecule has 0 N–H and O–H groups in total. The number of carbonyl (C=O) groups excluding carboxylic acids is 2. The SMILES string of the molecule is Cc1ncc(C(=O)N2CCN(C=O)CC2)cn1. The maximum Gasteiger partial charge on any atom is 0.257 e. The smallest absolute Gasteiger partial charge is 0.257 e. The van der Waals surface area contributed by atoms with Gasteiger partial charge in [-0.25, -0.2) is 9.97 Å². The van der Waals surface area contributed by atoms with E-state index < -0.39 is 0 Å². The number of nitrogens with zero attached hydrogens (tertiary/aromatic N) is 4. The average Bonchev–Trinajstić information content (AvgIpc) is 2.39. The second-order valence-corrected chi connectivity index (χ2v) is 3.95. The van der Waals surface area contributed by atoms with Crippen LogP contribution >= 0.6 is 0 Å². The summed E-state index contributed by atoms with van der Waals surface area (Å²) in [7, 11) is 0. The Morgan fingerprint density at radius 1 is 1.24 bits per heavy atom. The zero-order valence-electron chi connectivity index (χ0n) is 9.67. The number of rotatable bonds is 2. The van der Waals surface area contributed by atoms with E-state index >= 15 is 0 Å². The molecule has 0 radical (unpaired) electrons. The highest BCUT2D eigenvalue weighted by Gasteiger charge is 2.21. The molecule has 2 rings (SSSR count). The number of aryl methyl sites for hydroxylation is 1. The van der Waals surface area contributed by atoms with E-state index in [4.69, 9.17) is 0 Å². The van der Waals surface area contributed by atoms with Crippen molar-refractivity contribution < 1.29 is 9.59 Å². The van der Waals surface area contributed by atoms with Crippen molar-refractivity contribution in [3.63, 3.8) is 0 Å². The molecule has 0 saturated carbocycles. The predicted octanol–water partition coefficient (Wildman–Crippen LogP) is -0.301. The lowest BCUT2D eigenvalue weighted by Crippen LogP contribution is -2.48. The fourth-order valence-electron chi connectivity index (χ4n) is 1.72. The highest BCUT2D eigenvalue weighted by atomic mass is 16.2. The quantitative estimate of drug-likeness (QED) is 0.659. The minimum atomic E-state index is -0.0736. The Bertz CT molecular complexity index is 410. The molecule has 90 valence electrons. The summed E-state index contributed by atoms with van der Waals surface area (Å²) in [5.74, 6) is 0.572. The van der Waals surface area contributed by atoms with E-state index in [0.717, 1.165) is 6.41 Å². The van der Waals surface area contributed by atoms with Gasteiger partial charge in [-0.3, -0.25) is 9.59 Å². The van der Waals surface area contributed by atoms with Gasteiger partial charge in [0.2, 0.25) is 6.41 Å². The molecule has 1 aromatic heterocycles. The Hall–Kier alpha value is -1.98. The van der Waals surface area contributed by atoms with Crippen molar-refractivity contribution in [3.8, 4) is 0 Å². The fraction of sp³-hybridized carbons (Fsp3) is 0.455. The summed E-state index contributed by atoms with van der Waals surface area (Å²) in [6, 6.07) is 0. The van der Waals surface area contributed by atoms with Crippen molar-refractivity contribution in [1.82, 2.24) is 19.8 Å². The number of aromatic nitrogens is 2. The van der Waals surface area contributed by atoms with Gasteiger partial charge in [-0.2, -0.15) is 0 Å². The first kappa shape index (κ1) is 11.5. The van der Waals surface area contributed by atoms with Gasteiger partial charge in [-0.15, -0.1) is 0 Å². The molecule has 6 heteroatoms. The van der Waals surface area contributed by atoms with Crippen molar-refractivity contribution >= 4 is 12.3 Å². The Labute approximate surface area is 99.3 Å². The Morgan fingerprint density at radius 2 is 1.82 bits per heavy atom. The minimum Gasteiger partial charge on any atom is -0.342 e. The van der Waals surface area contributed by atoms with Crippen LogP contribution in [0.25, 0.3) is 0 Å². The second kappa shape index (κ2) is 4.90. The summed E-state index contributed by atoms with van der Waals surface area (Å²) < 4.78 is 0. The van der Waals surface area contributed by atoms with Crippen molar-refractivity contribution in [2.75, 3.05) is 26.2 Å². The number of amides is 2. The summed E-state index contributed by atoms with van der Waals surface area (Å²) in [6.07, 6.45) is 3.89. The molecular formula is C11H14N4O2. The van der Waals surface area contributed by atoms with Crippen LogP contribution in [0, 0.1) is 6.92 Å². The molecule has 17 heavy (non-hydrogen) atoms. The van der Waals surface area contributed by atoms with Crippen molar-refractivity contribution in [3.05, 3.63) is 23.8 Å². The van der Waals surface area contributed by atoms with E-state index in [0.29, 0.717) is 37.6 Å². The lowest BCUT2D eigenvalue weighted by molar-refractivity contribution is -0.119. The van der Waals surface area contributed by atoms with E-state index in [1.165, 1.54) is 12.4 Å². The van der Waals surface area contributed by atoms with Crippen LogP contribution in [0.2, 0.25) is 0 Å². The van der Waals surface area contributed by atoms with E-state index in [1.807, 2.05) is 0 Å². The molecule has 0 spiro atoms. The summed E-state index contributed by atoms with van der Waals surface area (Å²) >= 11 is 0. The number of carbonyl (C=O) groups is 2. The van der Waals surface area contributed by atoms with Crippen LogP contribution in [0.4, 0.5) is 0 Å². The van der Waals surface area contributed by atoms with E-state index in [9.17, 15) is 9.59 Å². The van der Waals surface area contributed by atoms with Crippen LogP contribution in [0.1, 0.15) is 16.2 Å². The molecule has 2 heterocycles. The zero-order chi connectivity index (χ0) is 12.3. The van der Waals surface area contributed by atoms with Crippen LogP contribution in [0.3, 0.4) is 0 Å². The molecular weight excluding hydrogens is 220 g/mol. The number of piperazine rings is 1. The zero-order valence-corrected chi connectivity index (χ0v) is 9.67. The predicted molar refractivity (Wildman–Crippen MR) is 60.3 cm³/mol. The number of hydrogen-bond donors (Lipinski definition) is 0. The standard InChI is InChI=1S/C11H14N4O2/c1-9-12-6-10(7-13-9)11(17)15-4-2-14(8-16)3-5-15/h6-8H,2-5H2,1H3. The molecule has 1 saturated heterocycles. The molecule has 2 amide bonds. The van der Waals surface area contributed by atoms with Crippen molar-refractivity contribution in [2.45, 2.75) is 6.92 Å². The Balaban J connectivity index is 2.01. The molecule has 1 aliphatic heterocycles. The first-order valence-corrected chi connectivity index (χ1v) is 5.48. The topological polar surface area (TPSA) is 66.4 Å². The first-order valence-electron chi connectivity index (χ1n) is 5.48. The molecule has 1 fully saturated rings. The number of hydrogen-bond acceptors (Lipinski definition) is 4. The van der Waals surface area contributed by atoms with Crippen molar-refractivity contribution in [1.29, 1.82) is 0 Å². The minimum absolute atomic E-state index is 0.0736. The van der Waals surface area contributed by atoms with Crippen LogP contribution in [-0.2, 0) is 4.79 Å². The second-order valence-electron chi connectivity index (χ2n) is 3.95. The Morgan fingerprint density at radius 3 is 2.35 bits per heavy atom. The summed E-state index contributed by atoms with van der Waals surface area (Å²) in [6.45, 7) is 4.07. The van der Waals surface area contributed by atoms with Gasteiger partial charge in [0.05, 0.1) is 5.56 Å². The molecule has 6 nitrogen and oxygen atoms in total. The summed E-state index contributed by atoms with van der Waals surface area (Å²) in [5.41, 5.74) is 0.496. The van der Waals surface area contributed by atoms with E-state index in [2.05, 4.69) is 9.97 Å². The molecule has 1 aromatic rings. The molecule has 0 aliphatic carbocycles. The van der Waals surface area contributed by atoms with Gasteiger partial charge in [-0.1, -0.05) is 0 Å². The molecule has 0 unspecified atom stereocenters. The molecule has 1 aliphatic rings. The van der Waals surface area contributed by atoms with Gasteiger partial charge < -0.3 is 9.80 Å². The Kier molecular flexibility index (Phi) is 3.32. The third kappa shape index (κ3) is 2.58. The van der Waals surface area contributed by atoms with Crippen LogP contribution in [0.5, 0.6) is 0 Å².